The lowest BCUT2D eigenvalue weighted by Crippen LogP contribution is -2.70. The maximum absolute atomic E-state index is 13.0. The number of hydrogen-bond donors (Lipinski definition) is 1. The molecule has 1 aromatic carbocycles. The Morgan fingerprint density at radius 2 is 1.83 bits per heavy atom. The third-order valence-electron chi connectivity index (χ3n) is 6.83. The number of fused-ring (bicyclic) bond motifs is 1. The molecule has 0 saturated carbocycles. The van der Waals surface area contributed by atoms with Crippen molar-refractivity contribution in [2.24, 2.45) is 5.92 Å². The third kappa shape index (κ3) is 3.43. The Bertz CT molecular complexity index is 909. The van der Waals surface area contributed by atoms with Crippen LogP contribution in [0.1, 0.15) is 27.7 Å². The van der Waals surface area contributed by atoms with Crippen LogP contribution in [-0.2, 0) is 16.6 Å². The maximum Gasteiger partial charge on any atom is 0.224 e. The molecule has 152 valence electrons. The molecule has 0 radical (unpaired) electrons. The minimum Gasteiger partial charge on any atom is -0.352 e. The van der Waals surface area contributed by atoms with Gasteiger partial charge in [-0.15, -0.1) is 11.3 Å². The molecule has 6 rings (SSSR count). The van der Waals surface area contributed by atoms with E-state index in [2.05, 4.69) is 45.4 Å². The highest BCUT2D eigenvalue weighted by Crippen LogP contribution is 2.43. The molecule has 2 aromatic rings. The van der Waals surface area contributed by atoms with Gasteiger partial charge in [0, 0.05) is 56.6 Å². The van der Waals surface area contributed by atoms with E-state index in [1.54, 1.807) is 6.92 Å². The number of nitrogens with zero attached hydrogens (tertiary/aromatic N) is 2. The molecule has 0 aliphatic carbocycles. The predicted molar refractivity (Wildman–Crippen MR) is 114 cm³/mol. The first kappa shape index (κ1) is 19.0. The van der Waals surface area contributed by atoms with E-state index in [1.807, 2.05) is 11.4 Å². The molecular weight excluding hydrogens is 382 g/mol. The summed E-state index contributed by atoms with van der Waals surface area (Å²) >= 11 is 1.42. The number of hydrogen-bond acceptors (Lipinski definition) is 5. The molecule has 3 atom stereocenters. The third-order valence-corrected chi connectivity index (χ3v) is 7.91. The van der Waals surface area contributed by atoms with E-state index in [9.17, 15) is 9.59 Å². The van der Waals surface area contributed by atoms with Crippen LogP contribution >= 0.6 is 11.3 Å². The fourth-order valence-corrected chi connectivity index (χ4v) is 6.45. The maximum atomic E-state index is 13.0. The van der Waals surface area contributed by atoms with Gasteiger partial charge in [-0.1, -0.05) is 30.3 Å². The number of nitrogens with one attached hydrogen (secondary N) is 1. The Hall–Kier alpha value is -2.02. The number of rotatable bonds is 5. The van der Waals surface area contributed by atoms with Gasteiger partial charge in [0.25, 0.3) is 0 Å². The average molecular weight is 410 g/mol. The molecule has 4 saturated heterocycles. The van der Waals surface area contributed by atoms with Gasteiger partial charge in [-0.2, -0.15) is 0 Å². The summed E-state index contributed by atoms with van der Waals surface area (Å²) in [5.41, 5.74) is 2.20. The molecule has 5 heterocycles. The lowest BCUT2D eigenvalue weighted by Gasteiger charge is -2.55. The van der Waals surface area contributed by atoms with Crippen molar-refractivity contribution in [3.05, 3.63) is 57.8 Å². The highest BCUT2D eigenvalue weighted by molar-refractivity contribution is 7.12. The van der Waals surface area contributed by atoms with Gasteiger partial charge >= 0.3 is 0 Å². The largest absolute Gasteiger partial charge is 0.352 e. The van der Waals surface area contributed by atoms with Crippen LogP contribution in [0.3, 0.4) is 0 Å². The monoisotopic (exact) mass is 409 g/mol. The molecule has 4 fully saturated rings. The van der Waals surface area contributed by atoms with Gasteiger partial charge in [0.15, 0.2) is 5.78 Å². The Morgan fingerprint density at radius 1 is 1.14 bits per heavy atom. The van der Waals surface area contributed by atoms with Crippen LogP contribution in [0.25, 0.3) is 0 Å². The van der Waals surface area contributed by atoms with Gasteiger partial charge in [-0.25, -0.2) is 0 Å². The Balaban J connectivity index is 1.41. The zero-order valence-electron chi connectivity index (χ0n) is 16.8. The molecule has 4 aliphatic rings. The van der Waals surface area contributed by atoms with Crippen molar-refractivity contribution < 1.29 is 9.59 Å². The fraction of sp³-hybridized carbons (Fsp3) is 0.478. The first-order valence-corrected chi connectivity index (χ1v) is 11.3. The quantitative estimate of drug-likeness (QED) is 0.769. The second-order valence-electron chi connectivity index (χ2n) is 8.85. The molecular formula is C23H27N3O2S. The van der Waals surface area contributed by atoms with Gasteiger partial charge in [-0.3, -0.25) is 9.59 Å². The van der Waals surface area contributed by atoms with Crippen molar-refractivity contribution in [3.8, 4) is 0 Å². The predicted octanol–water partition coefficient (Wildman–Crippen LogP) is 2.18. The highest BCUT2D eigenvalue weighted by atomic mass is 32.1. The smallest absolute Gasteiger partial charge is 0.224 e. The number of Topliss-reactive ketones (excluding diaryl/α,β-unsaturated/α-hetero) is 1. The number of benzene rings is 1. The summed E-state index contributed by atoms with van der Waals surface area (Å²) in [7, 11) is 0. The van der Waals surface area contributed by atoms with Crippen molar-refractivity contribution in [2.75, 3.05) is 39.3 Å². The fourth-order valence-electron chi connectivity index (χ4n) is 5.63. The molecule has 2 unspecified atom stereocenters. The Morgan fingerprint density at radius 3 is 2.45 bits per heavy atom. The van der Waals surface area contributed by atoms with Gasteiger partial charge in [0.1, 0.15) is 0 Å². The van der Waals surface area contributed by atoms with E-state index in [0.29, 0.717) is 12.3 Å². The Labute approximate surface area is 175 Å². The molecule has 1 aromatic heterocycles. The number of carbonyl (C=O) groups excluding carboxylic acids is 2. The zero-order chi connectivity index (χ0) is 20.0. The average Bonchev–Trinajstić information content (AvgIpc) is 3.02. The zero-order valence-corrected chi connectivity index (χ0v) is 17.6. The van der Waals surface area contributed by atoms with Crippen molar-refractivity contribution >= 4 is 23.0 Å². The van der Waals surface area contributed by atoms with Crippen molar-refractivity contribution in [1.82, 2.24) is 15.1 Å². The minimum absolute atomic E-state index is 0.0603. The van der Waals surface area contributed by atoms with E-state index >= 15 is 0 Å². The second-order valence-corrected chi connectivity index (χ2v) is 9.76. The summed E-state index contributed by atoms with van der Waals surface area (Å²) in [5.74, 6) is 0.568. The van der Waals surface area contributed by atoms with Crippen LogP contribution in [0.2, 0.25) is 0 Å². The molecule has 5 nitrogen and oxygen atoms in total. The van der Waals surface area contributed by atoms with E-state index in [4.69, 9.17) is 0 Å². The van der Waals surface area contributed by atoms with Gasteiger partial charge < -0.3 is 15.1 Å². The van der Waals surface area contributed by atoms with Crippen LogP contribution in [0.4, 0.5) is 0 Å². The molecule has 4 aliphatic heterocycles. The van der Waals surface area contributed by atoms with Crippen molar-refractivity contribution in [3.63, 3.8) is 0 Å². The normalized spacial score (nSPS) is 32.7. The minimum atomic E-state index is -0.0617. The molecule has 4 bridgehead atoms. The summed E-state index contributed by atoms with van der Waals surface area (Å²) in [6.45, 7) is 7.93. The standard InChI is InChI=1S/C23H27N3O2S/c1-16(27)20-9-17(13-29-20)10-21(28)24-22-18-11-25-7-8-26(12-18)15-23(22,14-25)19-5-3-2-4-6-19/h2-6,9,13,18,22H,7-8,10-12,14-15H2,1H3,(H,24,28)/t18?,22-,23?/m0/s1. The topological polar surface area (TPSA) is 52.7 Å². The van der Waals surface area contributed by atoms with Crippen LogP contribution in [0.5, 0.6) is 0 Å². The van der Waals surface area contributed by atoms with E-state index in [-0.39, 0.29) is 23.1 Å². The molecule has 1 N–H and O–H groups in total. The van der Waals surface area contributed by atoms with E-state index in [1.165, 1.54) is 16.9 Å². The van der Waals surface area contributed by atoms with Crippen LogP contribution in [0.15, 0.2) is 41.8 Å². The summed E-state index contributed by atoms with van der Waals surface area (Å²) < 4.78 is 0. The first-order valence-electron chi connectivity index (χ1n) is 10.4. The number of ketones is 1. The van der Waals surface area contributed by atoms with Gasteiger partial charge in [-0.05, 0) is 29.5 Å². The number of thiophene rings is 1. The number of piperidine rings is 2. The van der Waals surface area contributed by atoms with E-state index in [0.717, 1.165) is 49.7 Å². The molecule has 0 spiro atoms. The SMILES string of the molecule is CC(=O)c1cc(CC(=O)N[C@H]2C3CN4CCN(C3)CC2(c2ccccc2)C4)cs1. The summed E-state index contributed by atoms with van der Waals surface area (Å²) in [6, 6.07) is 12.8. The summed E-state index contributed by atoms with van der Waals surface area (Å²) in [4.78, 5) is 30.5. The van der Waals surface area contributed by atoms with Crippen molar-refractivity contribution in [2.45, 2.75) is 24.8 Å². The molecule has 1 amide bonds. The number of carbonyl (C=O) groups is 2. The molecule has 6 heteroatoms. The molecule has 29 heavy (non-hydrogen) atoms. The summed E-state index contributed by atoms with van der Waals surface area (Å²) in [6.07, 6.45) is 0.339. The lowest BCUT2D eigenvalue weighted by molar-refractivity contribution is -0.123. The Kier molecular flexibility index (Phi) is 4.81. The second kappa shape index (κ2) is 7.35. The van der Waals surface area contributed by atoms with Gasteiger partial charge in [0.2, 0.25) is 5.91 Å². The van der Waals surface area contributed by atoms with Crippen LogP contribution < -0.4 is 5.32 Å². The lowest BCUT2D eigenvalue weighted by atomic mass is 9.64. The first-order chi connectivity index (χ1) is 14.0. The van der Waals surface area contributed by atoms with Crippen LogP contribution in [0, 0.1) is 5.92 Å². The number of amides is 1. The van der Waals surface area contributed by atoms with Crippen LogP contribution in [-0.4, -0.2) is 66.8 Å². The highest BCUT2D eigenvalue weighted by Gasteiger charge is 2.55. The van der Waals surface area contributed by atoms with E-state index < -0.39 is 0 Å². The summed E-state index contributed by atoms with van der Waals surface area (Å²) in [5, 5.41) is 5.38. The van der Waals surface area contributed by atoms with Gasteiger partial charge in [0.05, 0.1) is 11.3 Å². The van der Waals surface area contributed by atoms with Crippen molar-refractivity contribution in [1.29, 1.82) is 0 Å².